The Balaban J connectivity index is 1.52. The van der Waals surface area contributed by atoms with Crippen molar-refractivity contribution in [1.29, 1.82) is 0 Å². The van der Waals surface area contributed by atoms with Gasteiger partial charge in [-0.1, -0.05) is 6.42 Å². The van der Waals surface area contributed by atoms with Crippen molar-refractivity contribution < 1.29 is 9.53 Å². The highest BCUT2D eigenvalue weighted by atomic mass is 16.6. The van der Waals surface area contributed by atoms with Crippen molar-refractivity contribution in [2.75, 3.05) is 39.3 Å². The minimum atomic E-state index is -0.474. The first-order chi connectivity index (χ1) is 12.0. The van der Waals surface area contributed by atoms with Crippen molar-refractivity contribution in [1.82, 2.24) is 15.5 Å². The second kappa shape index (κ2) is 8.39. The van der Waals surface area contributed by atoms with Crippen LogP contribution >= 0.6 is 0 Å². The molecule has 3 aliphatic rings. The lowest BCUT2D eigenvalue weighted by Crippen LogP contribution is -2.43. The van der Waals surface area contributed by atoms with Crippen LogP contribution in [0, 0.1) is 11.8 Å². The Morgan fingerprint density at radius 1 is 1.32 bits per heavy atom. The SMILES string of the molecule is CC(C)(CC1CCCCN2CCCN=C12)OC(=O)NC[C@@H]1CCNC1. The van der Waals surface area contributed by atoms with Gasteiger partial charge in [0.1, 0.15) is 11.4 Å². The average molecular weight is 351 g/mol. The molecule has 2 atom stereocenters. The predicted molar refractivity (Wildman–Crippen MR) is 100.0 cm³/mol. The third kappa shape index (κ3) is 5.33. The number of amides is 1. The number of carbonyl (C=O) groups excluding carboxylic acids is 1. The van der Waals surface area contributed by atoms with E-state index < -0.39 is 5.60 Å². The number of ether oxygens (including phenoxy) is 1. The Morgan fingerprint density at radius 2 is 2.16 bits per heavy atom. The Morgan fingerprint density at radius 3 is 2.96 bits per heavy atom. The van der Waals surface area contributed by atoms with E-state index >= 15 is 0 Å². The number of aliphatic imine (C=N–C) groups is 1. The number of carbonyl (C=O) groups is 1. The third-order valence-corrected chi connectivity index (χ3v) is 5.58. The first-order valence-corrected chi connectivity index (χ1v) is 10.0. The molecule has 2 N–H and O–H groups in total. The molecule has 0 saturated carbocycles. The van der Waals surface area contributed by atoms with E-state index in [1.807, 2.05) is 13.8 Å². The summed E-state index contributed by atoms with van der Waals surface area (Å²) in [6.07, 6.45) is 6.48. The molecule has 0 aromatic rings. The molecule has 142 valence electrons. The minimum Gasteiger partial charge on any atom is -0.444 e. The second-order valence-corrected chi connectivity index (χ2v) is 8.37. The van der Waals surface area contributed by atoms with Crippen molar-refractivity contribution in [3.05, 3.63) is 0 Å². The summed E-state index contributed by atoms with van der Waals surface area (Å²) in [5, 5.41) is 6.27. The van der Waals surface area contributed by atoms with Gasteiger partial charge in [-0.3, -0.25) is 4.99 Å². The quantitative estimate of drug-likeness (QED) is 0.799. The minimum absolute atomic E-state index is 0.284. The predicted octanol–water partition coefficient (Wildman–Crippen LogP) is 2.40. The van der Waals surface area contributed by atoms with E-state index in [-0.39, 0.29) is 6.09 Å². The summed E-state index contributed by atoms with van der Waals surface area (Å²) >= 11 is 0. The number of rotatable bonds is 5. The summed E-state index contributed by atoms with van der Waals surface area (Å²) in [5.41, 5.74) is -0.474. The smallest absolute Gasteiger partial charge is 0.407 e. The summed E-state index contributed by atoms with van der Waals surface area (Å²) in [7, 11) is 0. The van der Waals surface area contributed by atoms with Crippen LogP contribution in [0.5, 0.6) is 0 Å². The molecule has 25 heavy (non-hydrogen) atoms. The molecule has 2 fully saturated rings. The fourth-order valence-corrected chi connectivity index (χ4v) is 4.34. The zero-order chi connectivity index (χ0) is 17.7. The molecule has 3 heterocycles. The summed E-state index contributed by atoms with van der Waals surface area (Å²) in [4.78, 5) is 19.5. The maximum absolute atomic E-state index is 12.2. The highest BCUT2D eigenvalue weighted by Crippen LogP contribution is 2.30. The normalized spacial score (nSPS) is 27.3. The van der Waals surface area contributed by atoms with E-state index in [1.165, 1.54) is 18.7 Å². The summed E-state index contributed by atoms with van der Waals surface area (Å²) in [6, 6.07) is 0. The molecule has 1 unspecified atom stereocenters. The van der Waals surface area contributed by atoms with Crippen LogP contribution in [0.25, 0.3) is 0 Å². The summed E-state index contributed by atoms with van der Waals surface area (Å²) in [6.45, 7) is 10.0. The van der Waals surface area contributed by atoms with E-state index in [2.05, 4.69) is 15.5 Å². The number of hydrogen-bond acceptors (Lipinski definition) is 5. The van der Waals surface area contributed by atoms with E-state index in [0.717, 1.165) is 58.4 Å². The molecule has 0 spiro atoms. The molecule has 2 saturated heterocycles. The van der Waals surface area contributed by atoms with Gasteiger partial charge in [0.05, 0.1) is 0 Å². The van der Waals surface area contributed by atoms with Crippen molar-refractivity contribution in [3.63, 3.8) is 0 Å². The first-order valence-electron chi connectivity index (χ1n) is 10.0. The van der Waals surface area contributed by atoms with Crippen LogP contribution < -0.4 is 10.6 Å². The average Bonchev–Trinajstić information content (AvgIpc) is 3.02. The standard InChI is InChI=1S/C19H34N4O2/c1-19(2,25-18(24)22-14-15-7-9-20-13-15)12-16-6-3-4-10-23-11-5-8-21-17(16)23/h15-16,20H,3-14H2,1-2H3,(H,22,24)/t15-,16?/m1/s1. The van der Waals surface area contributed by atoms with Gasteiger partial charge < -0.3 is 20.3 Å². The third-order valence-electron chi connectivity index (χ3n) is 5.58. The fraction of sp³-hybridized carbons (Fsp3) is 0.895. The number of hydrogen-bond donors (Lipinski definition) is 2. The van der Waals surface area contributed by atoms with Crippen LogP contribution in [0.2, 0.25) is 0 Å². The van der Waals surface area contributed by atoms with Gasteiger partial charge in [-0.2, -0.15) is 0 Å². The molecule has 6 heteroatoms. The van der Waals surface area contributed by atoms with Gasteiger partial charge in [0.2, 0.25) is 0 Å². The molecule has 0 radical (unpaired) electrons. The summed E-state index contributed by atoms with van der Waals surface area (Å²) < 4.78 is 5.78. The number of nitrogens with zero attached hydrogens (tertiary/aromatic N) is 2. The van der Waals surface area contributed by atoms with Gasteiger partial charge in [0, 0.05) is 32.1 Å². The topological polar surface area (TPSA) is 66.0 Å². The van der Waals surface area contributed by atoms with E-state index in [9.17, 15) is 4.79 Å². The van der Waals surface area contributed by atoms with Crippen LogP contribution in [0.1, 0.15) is 52.4 Å². The monoisotopic (exact) mass is 350 g/mol. The van der Waals surface area contributed by atoms with Crippen molar-refractivity contribution >= 4 is 11.9 Å². The molecular formula is C19H34N4O2. The lowest BCUT2D eigenvalue weighted by atomic mass is 9.88. The molecule has 0 bridgehead atoms. The van der Waals surface area contributed by atoms with Gasteiger partial charge >= 0.3 is 6.09 Å². The van der Waals surface area contributed by atoms with E-state index in [4.69, 9.17) is 9.73 Å². The Labute approximate surface area is 151 Å². The zero-order valence-corrected chi connectivity index (χ0v) is 15.9. The lowest BCUT2D eigenvalue weighted by molar-refractivity contribution is 0.0246. The van der Waals surface area contributed by atoms with Gasteiger partial charge in [-0.25, -0.2) is 4.79 Å². The molecule has 3 aliphatic heterocycles. The molecule has 0 aliphatic carbocycles. The Bertz CT molecular complexity index is 486. The van der Waals surface area contributed by atoms with Crippen molar-refractivity contribution in [2.24, 2.45) is 16.8 Å². The number of alkyl carbamates (subject to hydrolysis) is 1. The van der Waals surface area contributed by atoms with Gasteiger partial charge in [0.25, 0.3) is 0 Å². The maximum Gasteiger partial charge on any atom is 0.407 e. The highest BCUT2D eigenvalue weighted by Gasteiger charge is 2.33. The lowest BCUT2D eigenvalue weighted by Gasteiger charge is -2.35. The fourth-order valence-electron chi connectivity index (χ4n) is 4.34. The molecule has 0 aromatic heterocycles. The Kier molecular flexibility index (Phi) is 6.20. The van der Waals surface area contributed by atoms with E-state index in [1.54, 1.807) is 0 Å². The van der Waals surface area contributed by atoms with Gasteiger partial charge in [-0.05, 0) is 65.0 Å². The Hall–Kier alpha value is -1.30. The van der Waals surface area contributed by atoms with Crippen molar-refractivity contribution in [2.45, 2.75) is 58.0 Å². The molecule has 3 rings (SSSR count). The molecular weight excluding hydrogens is 316 g/mol. The summed E-state index contributed by atoms with van der Waals surface area (Å²) in [5.74, 6) is 2.20. The van der Waals surface area contributed by atoms with Crippen LogP contribution in [0.4, 0.5) is 4.79 Å². The van der Waals surface area contributed by atoms with Crippen LogP contribution in [-0.4, -0.2) is 61.7 Å². The van der Waals surface area contributed by atoms with Crippen LogP contribution in [0.15, 0.2) is 4.99 Å². The number of fused-ring (bicyclic) bond motifs is 1. The highest BCUT2D eigenvalue weighted by molar-refractivity contribution is 5.85. The van der Waals surface area contributed by atoms with E-state index in [0.29, 0.717) is 18.4 Å². The van der Waals surface area contributed by atoms with Gasteiger partial charge in [0.15, 0.2) is 0 Å². The van der Waals surface area contributed by atoms with Crippen LogP contribution in [-0.2, 0) is 4.74 Å². The molecule has 0 aromatic carbocycles. The molecule has 1 amide bonds. The van der Waals surface area contributed by atoms with Crippen molar-refractivity contribution in [3.8, 4) is 0 Å². The zero-order valence-electron chi connectivity index (χ0n) is 15.9. The van der Waals surface area contributed by atoms with Crippen LogP contribution in [0.3, 0.4) is 0 Å². The number of amidine groups is 1. The van der Waals surface area contributed by atoms with Gasteiger partial charge in [-0.15, -0.1) is 0 Å². The second-order valence-electron chi connectivity index (χ2n) is 8.37. The first kappa shape index (κ1) is 18.5. The maximum atomic E-state index is 12.2. The molecule has 6 nitrogen and oxygen atoms in total. The largest absolute Gasteiger partial charge is 0.444 e. The number of nitrogens with one attached hydrogen (secondary N) is 2.